The number of nitrogens with zero attached hydrogens (tertiary/aromatic N) is 2. The van der Waals surface area contributed by atoms with Gasteiger partial charge in [-0.25, -0.2) is 4.68 Å². The van der Waals surface area contributed by atoms with E-state index in [1.54, 1.807) is 6.20 Å². The quantitative estimate of drug-likeness (QED) is 0.897. The zero-order valence-electron chi connectivity index (χ0n) is 12.0. The number of rotatable bonds is 4. The molecule has 6 heteroatoms. The molecule has 0 saturated heterocycles. The summed E-state index contributed by atoms with van der Waals surface area (Å²) >= 11 is 6.09. The van der Waals surface area contributed by atoms with Crippen LogP contribution in [0.15, 0.2) is 11.0 Å². The first-order valence-corrected chi connectivity index (χ1v) is 7.54. The van der Waals surface area contributed by atoms with Crippen LogP contribution in [0, 0.1) is 0 Å². The highest BCUT2D eigenvalue weighted by Gasteiger charge is 2.29. The molecule has 0 amide bonds. The first-order valence-electron chi connectivity index (χ1n) is 7.16. The van der Waals surface area contributed by atoms with E-state index in [2.05, 4.69) is 10.4 Å². The number of nitrogens with one attached hydrogen (secondary N) is 1. The molecule has 0 aliphatic heterocycles. The third-order valence-corrected chi connectivity index (χ3v) is 4.19. The highest BCUT2D eigenvalue weighted by Crippen LogP contribution is 2.28. The van der Waals surface area contributed by atoms with Crippen molar-refractivity contribution in [3.8, 4) is 0 Å². The Morgan fingerprint density at radius 2 is 2.10 bits per heavy atom. The second-order valence-electron chi connectivity index (χ2n) is 5.85. The van der Waals surface area contributed by atoms with E-state index in [9.17, 15) is 9.90 Å². The van der Waals surface area contributed by atoms with Crippen LogP contribution in [0.25, 0.3) is 0 Å². The molecule has 5 nitrogen and oxygen atoms in total. The predicted octanol–water partition coefficient (Wildman–Crippen LogP) is 2.58. The van der Waals surface area contributed by atoms with E-state index >= 15 is 0 Å². The molecule has 1 aliphatic rings. The molecule has 1 heterocycles. The molecule has 0 aromatic carbocycles. The fourth-order valence-electron chi connectivity index (χ4n) is 2.58. The average molecular weight is 300 g/mol. The summed E-state index contributed by atoms with van der Waals surface area (Å²) in [6.07, 6.45) is 6.38. The maximum absolute atomic E-state index is 12.0. The summed E-state index contributed by atoms with van der Waals surface area (Å²) in [5, 5.41) is 17.7. The van der Waals surface area contributed by atoms with Crippen LogP contribution in [0.5, 0.6) is 0 Å². The summed E-state index contributed by atoms with van der Waals surface area (Å²) in [6.45, 7) is 4.16. The van der Waals surface area contributed by atoms with Gasteiger partial charge in [-0.15, -0.1) is 0 Å². The van der Waals surface area contributed by atoms with Crippen LogP contribution in [0.4, 0.5) is 5.69 Å². The molecule has 0 atom stereocenters. The number of aliphatic hydroxyl groups is 1. The molecule has 1 aromatic heterocycles. The van der Waals surface area contributed by atoms with E-state index in [4.69, 9.17) is 11.6 Å². The van der Waals surface area contributed by atoms with Gasteiger partial charge in [-0.1, -0.05) is 30.9 Å². The van der Waals surface area contributed by atoms with Gasteiger partial charge < -0.3 is 10.4 Å². The van der Waals surface area contributed by atoms with Crippen LogP contribution in [-0.4, -0.2) is 27.0 Å². The molecule has 1 aliphatic carbocycles. The van der Waals surface area contributed by atoms with Crippen molar-refractivity contribution in [3.63, 3.8) is 0 Å². The van der Waals surface area contributed by atoms with Crippen LogP contribution < -0.4 is 10.9 Å². The standard InChI is InChI=1S/C14H22ClN3O2/c1-10(2)18-13(19)12(15)11(8-17-18)16-9-14(20)6-4-3-5-7-14/h8,10,16,20H,3-7,9H2,1-2H3. The Kier molecular flexibility index (Phi) is 4.70. The topological polar surface area (TPSA) is 67.2 Å². The lowest BCUT2D eigenvalue weighted by Crippen LogP contribution is -2.39. The molecule has 0 spiro atoms. The molecular weight excluding hydrogens is 278 g/mol. The Morgan fingerprint density at radius 1 is 1.45 bits per heavy atom. The first kappa shape index (κ1) is 15.3. The van der Waals surface area contributed by atoms with Crippen LogP contribution in [0.3, 0.4) is 0 Å². The van der Waals surface area contributed by atoms with Crippen molar-refractivity contribution in [2.24, 2.45) is 0 Å². The Morgan fingerprint density at radius 3 is 2.70 bits per heavy atom. The van der Waals surface area contributed by atoms with Crippen LogP contribution in [0.1, 0.15) is 52.0 Å². The minimum Gasteiger partial charge on any atom is -0.388 e. The summed E-state index contributed by atoms with van der Waals surface area (Å²) in [5.74, 6) is 0. The van der Waals surface area contributed by atoms with Crippen molar-refractivity contribution < 1.29 is 5.11 Å². The van der Waals surface area contributed by atoms with Gasteiger partial charge in [-0.05, 0) is 26.7 Å². The zero-order chi connectivity index (χ0) is 14.8. The number of aromatic nitrogens is 2. The summed E-state index contributed by atoms with van der Waals surface area (Å²) < 4.78 is 1.35. The monoisotopic (exact) mass is 299 g/mol. The molecule has 20 heavy (non-hydrogen) atoms. The van der Waals surface area contributed by atoms with Crippen molar-refractivity contribution in [2.75, 3.05) is 11.9 Å². The SMILES string of the molecule is CC(C)n1ncc(NCC2(O)CCCCC2)c(Cl)c1=O. The van der Waals surface area contributed by atoms with E-state index in [1.807, 2.05) is 13.8 Å². The largest absolute Gasteiger partial charge is 0.388 e. The van der Waals surface area contributed by atoms with Gasteiger partial charge in [-0.2, -0.15) is 5.10 Å². The molecule has 2 N–H and O–H groups in total. The zero-order valence-corrected chi connectivity index (χ0v) is 12.8. The Hall–Kier alpha value is -1.07. The van der Waals surface area contributed by atoms with Crippen molar-refractivity contribution in [2.45, 2.75) is 57.6 Å². The Bertz CT molecular complexity index is 522. The molecule has 1 aromatic rings. The van der Waals surface area contributed by atoms with Gasteiger partial charge in [0.2, 0.25) is 0 Å². The van der Waals surface area contributed by atoms with Gasteiger partial charge in [-0.3, -0.25) is 4.79 Å². The number of hydrogen-bond donors (Lipinski definition) is 2. The molecule has 1 fully saturated rings. The summed E-state index contributed by atoms with van der Waals surface area (Å²) in [5.41, 5.74) is -0.510. The molecule has 0 unspecified atom stereocenters. The lowest BCUT2D eigenvalue weighted by atomic mass is 9.85. The summed E-state index contributed by atoms with van der Waals surface area (Å²) in [6, 6.07) is -0.0309. The van der Waals surface area contributed by atoms with Crippen molar-refractivity contribution in [1.29, 1.82) is 0 Å². The average Bonchev–Trinajstić information content (AvgIpc) is 2.41. The van der Waals surface area contributed by atoms with Gasteiger partial charge in [0.25, 0.3) is 5.56 Å². The van der Waals surface area contributed by atoms with E-state index < -0.39 is 5.60 Å². The normalized spacial score (nSPS) is 18.2. The van der Waals surface area contributed by atoms with E-state index in [0.717, 1.165) is 25.7 Å². The molecule has 0 bridgehead atoms. The molecule has 2 rings (SSSR count). The van der Waals surface area contributed by atoms with Gasteiger partial charge in [0.05, 0.1) is 23.5 Å². The highest BCUT2D eigenvalue weighted by atomic mass is 35.5. The molecule has 0 radical (unpaired) electrons. The highest BCUT2D eigenvalue weighted by molar-refractivity contribution is 6.32. The predicted molar refractivity (Wildman–Crippen MR) is 80.4 cm³/mol. The smallest absolute Gasteiger partial charge is 0.287 e. The van der Waals surface area contributed by atoms with Crippen molar-refractivity contribution >= 4 is 17.3 Å². The third-order valence-electron chi connectivity index (χ3n) is 3.82. The van der Waals surface area contributed by atoms with Crippen LogP contribution >= 0.6 is 11.6 Å². The number of anilines is 1. The lowest BCUT2D eigenvalue weighted by molar-refractivity contribution is 0.0167. The van der Waals surface area contributed by atoms with Crippen molar-refractivity contribution in [3.05, 3.63) is 21.6 Å². The Labute approximate surface area is 124 Å². The van der Waals surface area contributed by atoms with E-state index in [-0.39, 0.29) is 16.6 Å². The van der Waals surface area contributed by atoms with Gasteiger partial charge >= 0.3 is 0 Å². The number of halogens is 1. The number of hydrogen-bond acceptors (Lipinski definition) is 4. The van der Waals surface area contributed by atoms with Gasteiger partial charge in [0.1, 0.15) is 5.02 Å². The Balaban J connectivity index is 2.10. The van der Waals surface area contributed by atoms with Crippen LogP contribution in [-0.2, 0) is 0 Å². The second kappa shape index (κ2) is 6.14. The minimum absolute atomic E-state index is 0.0309. The first-order chi connectivity index (χ1) is 9.43. The maximum Gasteiger partial charge on any atom is 0.287 e. The van der Waals surface area contributed by atoms with E-state index in [0.29, 0.717) is 12.2 Å². The summed E-state index contributed by atoms with van der Waals surface area (Å²) in [7, 11) is 0. The second-order valence-corrected chi connectivity index (χ2v) is 6.23. The van der Waals surface area contributed by atoms with E-state index in [1.165, 1.54) is 11.1 Å². The molecular formula is C14H22ClN3O2. The fourth-order valence-corrected chi connectivity index (χ4v) is 2.78. The van der Waals surface area contributed by atoms with Crippen LogP contribution in [0.2, 0.25) is 5.02 Å². The third kappa shape index (κ3) is 3.33. The maximum atomic E-state index is 12.0. The summed E-state index contributed by atoms with van der Waals surface area (Å²) in [4.78, 5) is 12.0. The lowest BCUT2D eigenvalue weighted by Gasteiger charge is -2.32. The fraction of sp³-hybridized carbons (Fsp3) is 0.714. The van der Waals surface area contributed by atoms with Crippen molar-refractivity contribution in [1.82, 2.24) is 9.78 Å². The van der Waals surface area contributed by atoms with Gasteiger partial charge in [0, 0.05) is 6.54 Å². The molecule has 1 saturated carbocycles. The molecule has 112 valence electrons. The minimum atomic E-state index is -0.700. The van der Waals surface area contributed by atoms with Gasteiger partial charge in [0.15, 0.2) is 0 Å².